The number of nitrogens with one attached hydrogen (secondary N) is 1. The zero-order valence-electron chi connectivity index (χ0n) is 12.0. The highest BCUT2D eigenvalue weighted by molar-refractivity contribution is 7.98. The second kappa shape index (κ2) is 7.12. The largest absolute Gasteiger partial charge is 0.271 e. The quantitative estimate of drug-likeness (QED) is 0.496. The van der Waals surface area contributed by atoms with Gasteiger partial charge in [0.1, 0.15) is 0 Å². The summed E-state index contributed by atoms with van der Waals surface area (Å²) in [5.41, 5.74) is 6.14. The normalized spacial score (nSPS) is 21.6. The van der Waals surface area contributed by atoms with Crippen LogP contribution in [0, 0.1) is 0 Å². The average Bonchev–Trinajstić information content (AvgIpc) is 2.85. The summed E-state index contributed by atoms with van der Waals surface area (Å²) in [7, 11) is 0. The molecular formula is C16H24N2S2. The molecule has 4 heteroatoms. The Morgan fingerprint density at radius 1 is 1.15 bits per heavy atom. The van der Waals surface area contributed by atoms with Crippen molar-refractivity contribution >= 4 is 23.1 Å². The summed E-state index contributed by atoms with van der Waals surface area (Å²) in [6.07, 6.45) is 11.5. The number of hydrogen-bond acceptors (Lipinski definition) is 4. The van der Waals surface area contributed by atoms with Crippen LogP contribution in [0.25, 0.3) is 0 Å². The molecule has 1 aromatic rings. The summed E-state index contributed by atoms with van der Waals surface area (Å²) in [5, 5.41) is 0. The van der Waals surface area contributed by atoms with Crippen LogP contribution < -0.4 is 11.3 Å². The van der Waals surface area contributed by atoms with Crippen LogP contribution in [0.5, 0.6) is 0 Å². The van der Waals surface area contributed by atoms with Gasteiger partial charge in [0.05, 0.1) is 6.04 Å². The third-order valence-corrected chi connectivity index (χ3v) is 6.60. The maximum absolute atomic E-state index is 5.89. The molecule has 0 saturated heterocycles. The van der Waals surface area contributed by atoms with Gasteiger partial charge in [0.15, 0.2) is 0 Å². The van der Waals surface area contributed by atoms with Crippen molar-refractivity contribution in [1.82, 2.24) is 5.43 Å². The molecule has 110 valence electrons. The van der Waals surface area contributed by atoms with E-state index in [1.54, 1.807) is 10.4 Å². The summed E-state index contributed by atoms with van der Waals surface area (Å²) in [6, 6.07) is 2.64. The minimum atomic E-state index is 0.244. The number of hydrazine groups is 1. The summed E-state index contributed by atoms with van der Waals surface area (Å²) >= 11 is 4.03. The number of rotatable bonds is 3. The number of fused-ring (bicyclic) bond motifs is 1. The lowest BCUT2D eigenvalue weighted by molar-refractivity contribution is 0.560. The summed E-state index contributed by atoms with van der Waals surface area (Å²) < 4.78 is 0. The van der Waals surface area contributed by atoms with E-state index in [9.17, 15) is 0 Å². The smallest absolute Gasteiger partial charge is 0.0762 e. The summed E-state index contributed by atoms with van der Waals surface area (Å²) in [4.78, 5) is 3.01. The summed E-state index contributed by atoms with van der Waals surface area (Å²) in [6.45, 7) is 0. The van der Waals surface area contributed by atoms with E-state index in [0.717, 1.165) is 0 Å². The summed E-state index contributed by atoms with van der Waals surface area (Å²) in [5.74, 6) is 8.35. The minimum absolute atomic E-state index is 0.244. The van der Waals surface area contributed by atoms with Crippen molar-refractivity contribution in [3.63, 3.8) is 0 Å². The molecular weight excluding hydrogens is 284 g/mol. The molecule has 2 nitrogen and oxygen atoms in total. The first-order valence-electron chi connectivity index (χ1n) is 7.73. The number of allylic oxidation sites excluding steroid dienone is 1. The van der Waals surface area contributed by atoms with E-state index in [1.165, 1.54) is 66.9 Å². The molecule has 1 aromatic heterocycles. The number of hydrogen-bond donors (Lipinski definition) is 2. The highest BCUT2D eigenvalue weighted by atomic mass is 32.2. The van der Waals surface area contributed by atoms with E-state index in [1.807, 2.05) is 11.3 Å². The van der Waals surface area contributed by atoms with E-state index < -0.39 is 0 Å². The lowest BCUT2D eigenvalue weighted by Crippen LogP contribution is -2.29. The van der Waals surface area contributed by atoms with Gasteiger partial charge >= 0.3 is 0 Å². The molecule has 0 radical (unpaired) electrons. The number of aryl methyl sites for hydroxylation is 1. The molecule has 1 atom stereocenters. The highest BCUT2D eigenvalue weighted by Gasteiger charge is 2.21. The maximum Gasteiger partial charge on any atom is 0.0762 e. The zero-order valence-corrected chi connectivity index (χ0v) is 13.6. The van der Waals surface area contributed by atoms with Gasteiger partial charge in [0.2, 0.25) is 0 Å². The standard InChI is InChI=1S/C16H24N2S2/c17-18-16(12-6-4-2-1-3-5-7-12)15-10-13-11-19-9-8-14(13)20-15/h6,10,16,18H,1-5,7-9,11,17H2. The van der Waals surface area contributed by atoms with Crippen LogP contribution >= 0.6 is 23.1 Å². The molecule has 0 spiro atoms. The van der Waals surface area contributed by atoms with Crippen molar-refractivity contribution in [2.45, 2.75) is 56.7 Å². The Morgan fingerprint density at radius 2 is 2.05 bits per heavy atom. The van der Waals surface area contributed by atoms with Gasteiger partial charge in [-0.1, -0.05) is 24.5 Å². The van der Waals surface area contributed by atoms with Gasteiger partial charge in [-0.3, -0.25) is 5.84 Å². The first-order chi connectivity index (χ1) is 9.88. The van der Waals surface area contributed by atoms with Crippen LogP contribution in [0.1, 0.15) is 59.9 Å². The maximum atomic E-state index is 5.89. The second-order valence-corrected chi connectivity index (χ2v) is 8.00. The highest BCUT2D eigenvalue weighted by Crippen LogP contribution is 2.37. The van der Waals surface area contributed by atoms with Crippen LogP contribution in [0.2, 0.25) is 0 Å². The topological polar surface area (TPSA) is 38.0 Å². The average molecular weight is 309 g/mol. The zero-order chi connectivity index (χ0) is 13.8. The van der Waals surface area contributed by atoms with E-state index in [0.29, 0.717) is 0 Å². The SMILES string of the molecule is NNC(C1=CCCCCCC1)c1cc2c(s1)CCSC2. The van der Waals surface area contributed by atoms with Crippen molar-refractivity contribution in [2.75, 3.05) is 5.75 Å². The number of nitrogens with two attached hydrogens (primary N) is 1. The molecule has 3 N–H and O–H groups in total. The van der Waals surface area contributed by atoms with Crippen molar-refractivity contribution < 1.29 is 0 Å². The molecule has 1 unspecified atom stereocenters. The van der Waals surface area contributed by atoms with Gasteiger partial charge in [0.25, 0.3) is 0 Å². The van der Waals surface area contributed by atoms with Crippen molar-refractivity contribution in [2.24, 2.45) is 5.84 Å². The van der Waals surface area contributed by atoms with Gasteiger partial charge < -0.3 is 0 Å². The molecule has 1 aliphatic heterocycles. The van der Waals surface area contributed by atoms with Crippen molar-refractivity contribution in [1.29, 1.82) is 0 Å². The van der Waals surface area contributed by atoms with E-state index >= 15 is 0 Å². The molecule has 0 bridgehead atoms. The van der Waals surface area contributed by atoms with Gasteiger partial charge in [-0.15, -0.1) is 11.3 Å². The van der Waals surface area contributed by atoms with Crippen LogP contribution in [-0.2, 0) is 12.2 Å². The van der Waals surface area contributed by atoms with E-state index in [2.05, 4.69) is 29.3 Å². The minimum Gasteiger partial charge on any atom is -0.271 e. The fraction of sp³-hybridized carbons (Fsp3) is 0.625. The predicted octanol–water partition coefficient (Wildman–Crippen LogP) is 4.32. The van der Waals surface area contributed by atoms with Gasteiger partial charge in [-0.2, -0.15) is 11.8 Å². The molecule has 0 amide bonds. The van der Waals surface area contributed by atoms with Gasteiger partial charge in [0, 0.05) is 15.5 Å². The third kappa shape index (κ3) is 3.30. The second-order valence-electron chi connectivity index (χ2n) is 5.73. The molecule has 2 heterocycles. The lowest BCUT2D eigenvalue weighted by Gasteiger charge is -2.20. The van der Waals surface area contributed by atoms with E-state index in [-0.39, 0.29) is 6.04 Å². The molecule has 0 fully saturated rings. The van der Waals surface area contributed by atoms with Crippen LogP contribution in [0.15, 0.2) is 17.7 Å². The number of thiophene rings is 1. The fourth-order valence-electron chi connectivity index (χ4n) is 3.16. The Balaban J connectivity index is 1.82. The third-order valence-electron chi connectivity index (χ3n) is 4.29. The Labute approximate surface area is 130 Å². The molecule has 20 heavy (non-hydrogen) atoms. The Kier molecular flexibility index (Phi) is 5.21. The first-order valence-corrected chi connectivity index (χ1v) is 9.70. The Morgan fingerprint density at radius 3 is 2.90 bits per heavy atom. The predicted molar refractivity (Wildman–Crippen MR) is 90.0 cm³/mol. The van der Waals surface area contributed by atoms with Gasteiger partial charge in [-0.25, -0.2) is 5.43 Å². The molecule has 0 aromatic carbocycles. The Hall–Kier alpha value is -0.290. The monoisotopic (exact) mass is 308 g/mol. The first kappa shape index (κ1) is 14.6. The molecule has 0 saturated carbocycles. The molecule has 1 aliphatic carbocycles. The molecule has 2 aliphatic rings. The lowest BCUT2D eigenvalue weighted by atomic mass is 9.94. The van der Waals surface area contributed by atoms with E-state index in [4.69, 9.17) is 5.84 Å². The molecule has 3 rings (SSSR count). The number of thioether (sulfide) groups is 1. The van der Waals surface area contributed by atoms with Crippen LogP contribution in [0.4, 0.5) is 0 Å². The van der Waals surface area contributed by atoms with Crippen molar-refractivity contribution in [3.8, 4) is 0 Å². The fourth-order valence-corrected chi connectivity index (χ4v) is 5.64. The Bertz CT molecular complexity index is 455. The van der Waals surface area contributed by atoms with Crippen LogP contribution in [0.3, 0.4) is 0 Å². The van der Waals surface area contributed by atoms with Gasteiger partial charge in [-0.05, 0) is 49.5 Å². The van der Waals surface area contributed by atoms with Crippen molar-refractivity contribution in [3.05, 3.63) is 33.0 Å². The van der Waals surface area contributed by atoms with Crippen LogP contribution in [-0.4, -0.2) is 5.75 Å².